The quantitative estimate of drug-likeness (QED) is 0.656. The highest BCUT2D eigenvalue weighted by molar-refractivity contribution is 4.95. The fraction of sp³-hybridized carbons (Fsp3) is 1.00. The van der Waals surface area contributed by atoms with Gasteiger partial charge in [0.1, 0.15) is 0 Å². The number of nitrogens with one attached hydrogen (secondary N) is 1. The summed E-state index contributed by atoms with van der Waals surface area (Å²) in [5.41, 5.74) is 0.442. The lowest BCUT2D eigenvalue weighted by Crippen LogP contribution is -2.34. The van der Waals surface area contributed by atoms with Gasteiger partial charge in [0.25, 0.3) is 0 Å². The van der Waals surface area contributed by atoms with Gasteiger partial charge in [0, 0.05) is 25.8 Å². The van der Waals surface area contributed by atoms with Crippen LogP contribution in [0.1, 0.15) is 25.7 Å². The van der Waals surface area contributed by atoms with E-state index in [-0.39, 0.29) is 0 Å². The first-order valence-electron chi connectivity index (χ1n) is 5.27. The van der Waals surface area contributed by atoms with E-state index >= 15 is 0 Å². The van der Waals surface area contributed by atoms with Crippen LogP contribution in [0.4, 0.5) is 0 Å². The molecule has 0 aromatic rings. The lowest BCUT2D eigenvalue weighted by atomic mass is 10.0. The van der Waals surface area contributed by atoms with Crippen molar-refractivity contribution in [2.75, 3.05) is 26.4 Å². The molecule has 0 bridgehead atoms. The second-order valence-electron chi connectivity index (χ2n) is 4.42. The van der Waals surface area contributed by atoms with E-state index in [0.29, 0.717) is 18.1 Å². The summed E-state index contributed by atoms with van der Waals surface area (Å²) in [6.07, 6.45) is 4.69. The molecule has 2 fully saturated rings. The van der Waals surface area contributed by atoms with Gasteiger partial charge in [0.15, 0.2) is 0 Å². The Bertz CT molecular complexity index is 162. The number of aliphatic hydroxyl groups excluding tert-OH is 1. The first-order valence-corrected chi connectivity index (χ1v) is 5.27. The van der Waals surface area contributed by atoms with Crippen LogP contribution in [0.5, 0.6) is 0 Å². The molecule has 1 aliphatic carbocycles. The number of aliphatic hydroxyl groups is 1. The van der Waals surface area contributed by atoms with Gasteiger partial charge in [-0.25, -0.2) is 0 Å². The maximum Gasteiger partial charge on any atom is 0.0620 e. The lowest BCUT2D eigenvalue weighted by Gasteiger charge is -2.17. The van der Waals surface area contributed by atoms with Crippen LogP contribution in [0.2, 0.25) is 0 Å². The molecule has 1 saturated heterocycles. The molecule has 2 N–H and O–H groups in total. The lowest BCUT2D eigenvalue weighted by molar-refractivity contribution is 0.187. The molecule has 2 aliphatic rings. The largest absolute Gasteiger partial charge is 0.396 e. The molecule has 1 aliphatic heterocycles. The summed E-state index contributed by atoms with van der Waals surface area (Å²) in [4.78, 5) is 0. The maximum absolute atomic E-state index is 8.88. The molecule has 0 spiro atoms. The van der Waals surface area contributed by atoms with Crippen molar-refractivity contribution in [3.8, 4) is 0 Å². The molecule has 1 atom stereocenters. The van der Waals surface area contributed by atoms with Crippen molar-refractivity contribution in [1.29, 1.82) is 0 Å². The Labute approximate surface area is 79.5 Å². The summed E-state index contributed by atoms with van der Waals surface area (Å²) in [6, 6.07) is 0.566. The zero-order valence-electron chi connectivity index (χ0n) is 8.09. The van der Waals surface area contributed by atoms with Crippen LogP contribution in [0, 0.1) is 5.41 Å². The molecule has 0 aromatic heterocycles. The Kier molecular flexibility index (Phi) is 2.86. The highest BCUT2D eigenvalue weighted by atomic mass is 16.5. The van der Waals surface area contributed by atoms with Gasteiger partial charge in [-0.3, -0.25) is 0 Å². The van der Waals surface area contributed by atoms with Crippen molar-refractivity contribution in [1.82, 2.24) is 5.32 Å². The van der Waals surface area contributed by atoms with Crippen LogP contribution in [-0.4, -0.2) is 37.5 Å². The zero-order chi connectivity index (χ0) is 9.15. The van der Waals surface area contributed by atoms with Gasteiger partial charge in [-0.05, 0) is 31.1 Å². The van der Waals surface area contributed by atoms with E-state index in [2.05, 4.69) is 5.32 Å². The predicted molar refractivity (Wildman–Crippen MR) is 50.6 cm³/mol. The van der Waals surface area contributed by atoms with Gasteiger partial charge >= 0.3 is 0 Å². The van der Waals surface area contributed by atoms with Gasteiger partial charge in [-0.15, -0.1) is 0 Å². The monoisotopic (exact) mass is 185 g/mol. The second kappa shape index (κ2) is 3.95. The van der Waals surface area contributed by atoms with Crippen molar-refractivity contribution in [2.45, 2.75) is 31.7 Å². The van der Waals surface area contributed by atoms with Gasteiger partial charge in [-0.2, -0.15) is 0 Å². The van der Waals surface area contributed by atoms with Crippen molar-refractivity contribution >= 4 is 0 Å². The van der Waals surface area contributed by atoms with Crippen LogP contribution in [0.3, 0.4) is 0 Å². The molecule has 1 heterocycles. The minimum Gasteiger partial charge on any atom is -0.396 e. The molecular weight excluding hydrogens is 166 g/mol. The standard InChI is InChI=1S/C10H19NO2/c12-5-4-10(2-3-10)8-11-9-1-6-13-7-9/h9,11-12H,1-8H2. The zero-order valence-corrected chi connectivity index (χ0v) is 8.09. The fourth-order valence-electron chi connectivity index (χ4n) is 1.99. The molecular formula is C10H19NO2. The number of ether oxygens (including phenoxy) is 1. The van der Waals surface area contributed by atoms with Crippen LogP contribution < -0.4 is 5.32 Å². The normalized spacial score (nSPS) is 30.7. The summed E-state index contributed by atoms with van der Waals surface area (Å²) < 4.78 is 5.29. The highest BCUT2D eigenvalue weighted by Crippen LogP contribution is 2.48. The Balaban J connectivity index is 1.66. The van der Waals surface area contributed by atoms with Gasteiger partial charge in [0.2, 0.25) is 0 Å². The third kappa shape index (κ3) is 2.42. The van der Waals surface area contributed by atoms with E-state index < -0.39 is 0 Å². The summed E-state index contributed by atoms with van der Waals surface area (Å²) >= 11 is 0. The first kappa shape index (κ1) is 9.44. The Hall–Kier alpha value is -0.120. The molecule has 0 aromatic carbocycles. The first-order chi connectivity index (χ1) is 6.35. The van der Waals surface area contributed by atoms with E-state index in [0.717, 1.165) is 32.6 Å². The van der Waals surface area contributed by atoms with E-state index in [1.807, 2.05) is 0 Å². The Morgan fingerprint density at radius 2 is 2.31 bits per heavy atom. The van der Waals surface area contributed by atoms with Crippen LogP contribution in [0.25, 0.3) is 0 Å². The van der Waals surface area contributed by atoms with Gasteiger partial charge in [0.05, 0.1) is 6.61 Å². The van der Waals surface area contributed by atoms with Crippen molar-refractivity contribution in [3.63, 3.8) is 0 Å². The fourth-order valence-corrected chi connectivity index (χ4v) is 1.99. The molecule has 3 heteroatoms. The van der Waals surface area contributed by atoms with Crippen molar-refractivity contribution in [2.24, 2.45) is 5.41 Å². The minimum atomic E-state index is 0.336. The van der Waals surface area contributed by atoms with Gasteiger partial charge in [-0.1, -0.05) is 0 Å². The van der Waals surface area contributed by atoms with E-state index in [1.165, 1.54) is 12.8 Å². The Morgan fingerprint density at radius 3 is 2.85 bits per heavy atom. The number of rotatable bonds is 5. The Morgan fingerprint density at radius 1 is 1.46 bits per heavy atom. The predicted octanol–water partition coefficient (Wildman–Crippen LogP) is 0.527. The van der Waals surface area contributed by atoms with E-state index in [9.17, 15) is 0 Å². The van der Waals surface area contributed by atoms with Crippen molar-refractivity contribution in [3.05, 3.63) is 0 Å². The molecule has 76 valence electrons. The third-order valence-corrected chi connectivity index (χ3v) is 3.29. The summed E-state index contributed by atoms with van der Waals surface area (Å²) in [6.45, 7) is 3.18. The maximum atomic E-state index is 8.88. The second-order valence-corrected chi connectivity index (χ2v) is 4.42. The van der Waals surface area contributed by atoms with Crippen LogP contribution >= 0.6 is 0 Å². The molecule has 0 radical (unpaired) electrons. The van der Waals surface area contributed by atoms with Crippen LogP contribution in [-0.2, 0) is 4.74 Å². The summed E-state index contributed by atoms with van der Waals surface area (Å²) in [5, 5.41) is 12.4. The SMILES string of the molecule is OCCC1(CNC2CCOC2)CC1. The molecule has 1 unspecified atom stereocenters. The van der Waals surface area contributed by atoms with E-state index in [1.54, 1.807) is 0 Å². The molecule has 1 saturated carbocycles. The average molecular weight is 185 g/mol. The van der Waals surface area contributed by atoms with Gasteiger partial charge < -0.3 is 15.2 Å². The molecule has 13 heavy (non-hydrogen) atoms. The smallest absolute Gasteiger partial charge is 0.0620 e. The average Bonchev–Trinajstić information content (AvgIpc) is 2.71. The molecule has 2 rings (SSSR count). The summed E-state index contributed by atoms with van der Waals surface area (Å²) in [7, 11) is 0. The number of hydrogen-bond donors (Lipinski definition) is 2. The topological polar surface area (TPSA) is 41.5 Å². The number of hydrogen-bond acceptors (Lipinski definition) is 3. The van der Waals surface area contributed by atoms with Crippen LogP contribution in [0.15, 0.2) is 0 Å². The highest BCUT2D eigenvalue weighted by Gasteiger charge is 2.41. The summed E-state index contributed by atoms with van der Waals surface area (Å²) in [5.74, 6) is 0. The molecule has 3 nitrogen and oxygen atoms in total. The van der Waals surface area contributed by atoms with E-state index in [4.69, 9.17) is 9.84 Å². The minimum absolute atomic E-state index is 0.336. The third-order valence-electron chi connectivity index (χ3n) is 3.29. The molecule has 0 amide bonds. The van der Waals surface area contributed by atoms with Crippen molar-refractivity contribution < 1.29 is 9.84 Å².